The van der Waals surface area contributed by atoms with Gasteiger partial charge in [0.05, 0.1) is 0 Å². The van der Waals surface area contributed by atoms with Crippen molar-refractivity contribution >= 4 is 0 Å². The summed E-state index contributed by atoms with van der Waals surface area (Å²) in [4.78, 5) is 0. The van der Waals surface area contributed by atoms with Crippen molar-refractivity contribution in [2.24, 2.45) is 22.9 Å². The van der Waals surface area contributed by atoms with Crippen molar-refractivity contribution in [3.05, 3.63) is 0 Å². The van der Waals surface area contributed by atoms with E-state index in [1.807, 2.05) is 0 Å². The van der Waals surface area contributed by atoms with E-state index in [2.05, 4.69) is 0 Å². The molecule has 6 nitrogen and oxygen atoms in total. The molecule has 2 aliphatic carbocycles. The Hall–Kier alpha value is 1.14. The van der Waals surface area contributed by atoms with Gasteiger partial charge in [-0.05, 0) is 25.7 Å². The van der Waals surface area contributed by atoms with Crippen LogP contribution in [0.2, 0.25) is 0 Å². The van der Waals surface area contributed by atoms with E-state index in [9.17, 15) is 0 Å². The third-order valence-electron chi connectivity index (χ3n) is 3.75. The molecule has 0 amide bonds. The van der Waals surface area contributed by atoms with Gasteiger partial charge in [-0.15, -0.1) is 0 Å². The molecule has 8 heteroatoms. The molecule has 2 fully saturated rings. The van der Waals surface area contributed by atoms with Gasteiger partial charge in [-0.25, -0.2) is 0 Å². The molecule has 0 radical (unpaired) electrons. The average Bonchev–Trinajstić information content (AvgIpc) is 2.28. The molecule has 0 spiro atoms. The van der Waals surface area contributed by atoms with Crippen LogP contribution in [-0.4, -0.2) is 35.1 Å². The summed E-state index contributed by atoms with van der Waals surface area (Å²) in [5.74, 6) is 0. The summed E-state index contributed by atoms with van der Waals surface area (Å²) in [6.07, 6.45) is 9.60. The number of nitrogens with two attached hydrogens (primary N) is 4. The van der Waals surface area contributed by atoms with Crippen LogP contribution in [0.5, 0.6) is 0 Å². The van der Waals surface area contributed by atoms with Gasteiger partial charge in [0.15, 0.2) is 0 Å². The number of hydrogen-bond donors (Lipinski definition) is 4. The minimum atomic E-state index is 0. The van der Waals surface area contributed by atoms with E-state index in [0.717, 1.165) is 25.7 Å². The maximum absolute atomic E-state index is 5.65. The first-order valence-corrected chi connectivity index (χ1v) is 6.63. The van der Waals surface area contributed by atoms with Crippen molar-refractivity contribution in [2.45, 2.75) is 75.5 Å². The van der Waals surface area contributed by atoms with Crippen LogP contribution < -0.4 is 22.9 Å². The average molecular weight is 655 g/mol. The molecular formula is C12H32N4O2Pt2. The zero-order valence-electron chi connectivity index (χ0n) is 11.9. The van der Waals surface area contributed by atoms with E-state index >= 15 is 0 Å². The van der Waals surface area contributed by atoms with Crippen molar-refractivity contribution in [3.8, 4) is 0 Å². The summed E-state index contributed by atoms with van der Waals surface area (Å²) in [7, 11) is 0. The predicted octanol–water partition coefficient (Wildman–Crippen LogP) is -1.22. The molecule has 0 aromatic rings. The van der Waals surface area contributed by atoms with Crippen molar-refractivity contribution in [3.63, 3.8) is 0 Å². The monoisotopic (exact) mass is 654 g/mol. The molecule has 0 aromatic carbocycles. The summed E-state index contributed by atoms with van der Waals surface area (Å²) in [5, 5.41) is 0. The molecule has 0 heterocycles. The molecule has 2 rings (SSSR count). The molecule has 12 N–H and O–H groups in total. The van der Waals surface area contributed by atoms with Gasteiger partial charge in [0.2, 0.25) is 0 Å². The smallest absolute Gasteiger partial charge is 0.0192 e. The van der Waals surface area contributed by atoms with E-state index in [4.69, 9.17) is 22.9 Å². The van der Waals surface area contributed by atoms with Gasteiger partial charge in [0.1, 0.15) is 0 Å². The Balaban J connectivity index is -0.000000107. The third-order valence-corrected chi connectivity index (χ3v) is 3.75. The van der Waals surface area contributed by atoms with E-state index < -0.39 is 0 Å². The second kappa shape index (κ2) is 16.5. The Morgan fingerprint density at radius 2 is 0.600 bits per heavy atom. The van der Waals surface area contributed by atoms with E-state index in [0.29, 0.717) is 0 Å². The second-order valence-electron chi connectivity index (χ2n) is 5.22. The predicted molar refractivity (Wildman–Crippen MR) is 76.1 cm³/mol. The zero-order chi connectivity index (χ0) is 12.0. The fourth-order valence-corrected chi connectivity index (χ4v) is 2.38. The van der Waals surface area contributed by atoms with Gasteiger partial charge in [-0.2, -0.15) is 0 Å². The molecule has 4 atom stereocenters. The summed E-state index contributed by atoms with van der Waals surface area (Å²) < 4.78 is 0. The molecular weight excluding hydrogens is 622 g/mol. The van der Waals surface area contributed by atoms with Crippen LogP contribution in [0, 0.1) is 0 Å². The molecule has 2 aliphatic rings. The van der Waals surface area contributed by atoms with Gasteiger partial charge >= 0.3 is 0 Å². The normalized spacial score (nSPS) is 31.8. The second-order valence-corrected chi connectivity index (χ2v) is 5.22. The summed E-state index contributed by atoms with van der Waals surface area (Å²) >= 11 is 0. The number of rotatable bonds is 0. The van der Waals surface area contributed by atoms with Crippen LogP contribution in [-0.2, 0) is 42.1 Å². The molecule has 0 aliphatic heterocycles. The van der Waals surface area contributed by atoms with Gasteiger partial charge in [-0.1, -0.05) is 25.7 Å². The first kappa shape index (κ1) is 29.2. The van der Waals surface area contributed by atoms with Gasteiger partial charge < -0.3 is 33.9 Å². The minimum absolute atomic E-state index is 0. The van der Waals surface area contributed by atoms with Crippen LogP contribution in [0.4, 0.5) is 0 Å². The Bertz CT molecular complexity index is 164. The third kappa shape index (κ3) is 11.8. The Morgan fingerprint density at radius 3 is 0.700 bits per heavy atom. The summed E-state index contributed by atoms with van der Waals surface area (Å²) in [5.41, 5.74) is 22.6. The summed E-state index contributed by atoms with van der Waals surface area (Å²) in [6.45, 7) is 0. The summed E-state index contributed by atoms with van der Waals surface area (Å²) in [6, 6.07) is 1.12. The van der Waals surface area contributed by atoms with Gasteiger partial charge in [0, 0.05) is 66.3 Å². The maximum atomic E-state index is 5.65. The number of hydrogen-bond acceptors (Lipinski definition) is 4. The van der Waals surface area contributed by atoms with Crippen molar-refractivity contribution in [2.75, 3.05) is 0 Å². The quantitative estimate of drug-likeness (QED) is 0.257. The molecule has 2 saturated carbocycles. The molecule has 0 bridgehead atoms. The van der Waals surface area contributed by atoms with Crippen LogP contribution in [0.15, 0.2) is 0 Å². The molecule has 20 heavy (non-hydrogen) atoms. The van der Waals surface area contributed by atoms with Crippen LogP contribution in [0.3, 0.4) is 0 Å². The van der Waals surface area contributed by atoms with Crippen LogP contribution in [0.1, 0.15) is 51.4 Å². The molecule has 132 valence electrons. The Kier molecular flexibility index (Phi) is 24.1. The molecule has 0 aromatic heterocycles. The van der Waals surface area contributed by atoms with Crippen molar-refractivity contribution in [1.82, 2.24) is 0 Å². The van der Waals surface area contributed by atoms with Gasteiger partial charge in [0.25, 0.3) is 0 Å². The first-order valence-electron chi connectivity index (χ1n) is 6.63. The fourth-order valence-electron chi connectivity index (χ4n) is 2.38. The Morgan fingerprint density at radius 1 is 0.450 bits per heavy atom. The van der Waals surface area contributed by atoms with Crippen LogP contribution >= 0.6 is 0 Å². The van der Waals surface area contributed by atoms with Crippen molar-refractivity contribution in [1.29, 1.82) is 0 Å². The molecule has 2 unspecified atom stereocenters. The van der Waals surface area contributed by atoms with Gasteiger partial charge in [-0.3, -0.25) is 0 Å². The minimum Gasteiger partial charge on any atom is -0.412 e. The first-order chi connectivity index (χ1) is 7.61. The standard InChI is InChI=1S/2C6H14N2.2H2O.2Pt/c2*7-5-3-1-2-4-6(5)8;;;;/h2*5-6H,1-4,7-8H2;2*1H2;;/t2*5-,6?;;;;/m11..../s1. The van der Waals surface area contributed by atoms with E-state index in [1.54, 1.807) is 0 Å². The zero-order valence-corrected chi connectivity index (χ0v) is 16.5. The topological polar surface area (TPSA) is 167 Å². The Labute approximate surface area is 151 Å². The molecule has 0 saturated heterocycles. The largest absolute Gasteiger partial charge is 0.412 e. The van der Waals surface area contributed by atoms with E-state index in [-0.39, 0.29) is 77.3 Å². The fraction of sp³-hybridized carbons (Fsp3) is 1.00. The van der Waals surface area contributed by atoms with E-state index in [1.165, 1.54) is 25.7 Å². The SMILES string of the molecule is NC1CCCC[C@H]1N.NC1CCCC[C@H]1N.O.O.[Pt].[Pt]. The van der Waals surface area contributed by atoms with Crippen LogP contribution in [0.25, 0.3) is 0 Å². The van der Waals surface area contributed by atoms with Crippen molar-refractivity contribution < 1.29 is 53.1 Å². The maximum Gasteiger partial charge on any atom is 0.0192 e.